The zero-order valence-corrected chi connectivity index (χ0v) is 9.53. The molecule has 0 fully saturated rings. The van der Waals surface area contributed by atoms with E-state index in [1.54, 1.807) is 0 Å². The summed E-state index contributed by atoms with van der Waals surface area (Å²) in [5, 5.41) is 8.37. The smallest absolute Gasteiger partial charge is 0.341 e. The standard InChI is InChI=1S/C11H10F3N3O/c1-17(6-2-5-15)10(18)8-3-4-9(16-7-8)11(12,13)14/h3-4,7H,2,6H2,1H3. The van der Waals surface area contributed by atoms with Crippen LogP contribution in [0.1, 0.15) is 22.5 Å². The summed E-state index contributed by atoms with van der Waals surface area (Å²) >= 11 is 0. The quantitative estimate of drug-likeness (QED) is 0.833. The second-order valence-electron chi connectivity index (χ2n) is 3.56. The zero-order chi connectivity index (χ0) is 13.8. The number of hydrogen-bond donors (Lipinski definition) is 0. The lowest BCUT2D eigenvalue weighted by Gasteiger charge is -2.15. The fraction of sp³-hybridized carbons (Fsp3) is 0.364. The van der Waals surface area contributed by atoms with Crippen LogP contribution in [-0.4, -0.2) is 29.4 Å². The number of rotatable bonds is 3. The number of carbonyl (C=O) groups is 1. The molecular formula is C11H10F3N3O. The minimum Gasteiger partial charge on any atom is -0.341 e. The van der Waals surface area contributed by atoms with Gasteiger partial charge in [0, 0.05) is 19.8 Å². The number of pyridine rings is 1. The minimum absolute atomic E-state index is 0.0587. The number of carbonyl (C=O) groups excluding carboxylic acids is 1. The molecular weight excluding hydrogens is 247 g/mol. The molecule has 0 N–H and O–H groups in total. The highest BCUT2D eigenvalue weighted by molar-refractivity contribution is 5.93. The molecule has 0 atom stereocenters. The molecule has 1 aromatic heterocycles. The Hall–Kier alpha value is -2.10. The van der Waals surface area contributed by atoms with E-state index in [1.165, 1.54) is 11.9 Å². The lowest BCUT2D eigenvalue weighted by molar-refractivity contribution is -0.141. The Kier molecular flexibility index (Phi) is 4.26. The first-order chi connectivity index (χ1) is 8.36. The largest absolute Gasteiger partial charge is 0.433 e. The topological polar surface area (TPSA) is 57.0 Å². The molecule has 0 aliphatic rings. The van der Waals surface area contributed by atoms with Gasteiger partial charge in [-0.1, -0.05) is 0 Å². The van der Waals surface area contributed by atoms with E-state index < -0.39 is 17.8 Å². The van der Waals surface area contributed by atoms with Crippen LogP contribution in [0.3, 0.4) is 0 Å². The first-order valence-corrected chi connectivity index (χ1v) is 5.02. The Bertz CT molecular complexity index is 462. The Morgan fingerprint density at radius 1 is 1.50 bits per heavy atom. The van der Waals surface area contributed by atoms with Gasteiger partial charge in [0.2, 0.25) is 0 Å². The number of nitriles is 1. The second-order valence-corrected chi connectivity index (χ2v) is 3.56. The van der Waals surface area contributed by atoms with E-state index >= 15 is 0 Å². The minimum atomic E-state index is -4.52. The molecule has 0 spiro atoms. The van der Waals surface area contributed by atoms with E-state index in [0.29, 0.717) is 0 Å². The number of hydrogen-bond acceptors (Lipinski definition) is 3. The Labute approximate surface area is 102 Å². The van der Waals surface area contributed by atoms with Crippen molar-refractivity contribution in [1.29, 1.82) is 5.26 Å². The lowest BCUT2D eigenvalue weighted by Crippen LogP contribution is -2.27. The molecule has 18 heavy (non-hydrogen) atoms. The molecule has 0 aliphatic carbocycles. The molecule has 4 nitrogen and oxygen atoms in total. The van der Waals surface area contributed by atoms with Crippen LogP contribution in [0.25, 0.3) is 0 Å². The molecule has 7 heteroatoms. The van der Waals surface area contributed by atoms with Crippen LogP contribution >= 0.6 is 0 Å². The summed E-state index contributed by atoms with van der Waals surface area (Å²) in [5.74, 6) is -0.466. The summed E-state index contributed by atoms with van der Waals surface area (Å²) in [6.07, 6.45) is -3.47. The summed E-state index contributed by atoms with van der Waals surface area (Å²) in [6.45, 7) is 0.219. The number of nitrogens with zero attached hydrogens (tertiary/aromatic N) is 3. The predicted octanol–water partition coefficient (Wildman–Crippen LogP) is 2.09. The highest BCUT2D eigenvalue weighted by Crippen LogP contribution is 2.27. The molecule has 0 aromatic carbocycles. The first kappa shape index (κ1) is 14.0. The Morgan fingerprint density at radius 3 is 2.61 bits per heavy atom. The van der Waals surface area contributed by atoms with Gasteiger partial charge in [0.15, 0.2) is 0 Å². The van der Waals surface area contributed by atoms with Crippen molar-refractivity contribution in [3.63, 3.8) is 0 Å². The number of amides is 1. The van der Waals surface area contributed by atoms with Crippen molar-refractivity contribution in [2.45, 2.75) is 12.6 Å². The zero-order valence-electron chi connectivity index (χ0n) is 9.53. The molecule has 0 saturated heterocycles. The van der Waals surface area contributed by atoms with Gasteiger partial charge in [-0.15, -0.1) is 0 Å². The van der Waals surface area contributed by atoms with Crippen molar-refractivity contribution in [3.05, 3.63) is 29.6 Å². The monoisotopic (exact) mass is 257 g/mol. The van der Waals surface area contributed by atoms with Crippen LogP contribution in [0.4, 0.5) is 13.2 Å². The van der Waals surface area contributed by atoms with Crippen LogP contribution in [0.5, 0.6) is 0 Å². The van der Waals surface area contributed by atoms with Gasteiger partial charge in [0.1, 0.15) is 5.69 Å². The van der Waals surface area contributed by atoms with E-state index in [1.807, 2.05) is 6.07 Å². The molecule has 1 heterocycles. The predicted molar refractivity (Wildman–Crippen MR) is 56.4 cm³/mol. The van der Waals surface area contributed by atoms with Crippen LogP contribution in [0, 0.1) is 11.3 Å². The second kappa shape index (κ2) is 5.49. The molecule has 1 aromatic rings. The highest BCUT2D eigenvalue weighted by atomic mass is 19.4. The SMILES string of the molecule is CN(CCC#N)C(=O)c1ccc(C(F)(F)F)nc1. The third-order valence-electron chi connectivity index (χ3n) is 2.21. The van der Waals surface area contributed by atoms with Gasteiger partial charge in [-0.25, -0.2) is 0 Å². The Morgan fingerprint density at radius 2 is 2.17 bits per heavy atom. The normalized spacial score (nSPS) is 10.8. The average molecular weight is 257 g/mol. The highest BCUT2D eigenvalue weighted by Gasteiger charge is 2.32. The van der Waals surface area contributed by atoms with Crippen LogP contribution in [0.2, 0.25) is 0 Å². The van der Waals surface area contributed by atoms with Gasteiger partial charge in [-0.2, -0.15) is 18.4 Å². The molecule has 0 bridgehead atoms. The van der Waals surface area contributed by atoms with Crippen LogP contribution in [-0.2, 0) is 6.18 Å². The fourth-order valence-corrected chi connectivity index (χ4v) is 1.23. The van der Waals surface area contributed by atoms with E-state index in [4.69, 9.17) is 5.26 Å². The first-order valence-electron chi connectivity index (χ1n) is 5.02. The number of alkyl halides is 3. The van der Waals surface area contributed by atoms with Gasteiger partial charge in [0.05, 0.1) is 18.1 Å². The average Bonchev–Trinajstić information content (AvgIpc) is 2.34. The third kappa shape index (κ3) is 3.45. The van der Waals surface area contributed by atoms with Gasteiger partial charge < -0.3 is 4.90 Å². The summed E-state index contributed by atoms with van der Waals surface area (Å²) in [6, 6.07) is 3.70. The van der Waals surface area contributed by atoms with Gasteiger partial charge in [-0.05, 0) is 12.1 Å². The van der Waals surface area contributed by atoms with Gasteiger partial charge in [-0.3, -0.25) is 9.78 Å². The maximum absolute atomic E-state index is 12.3. The molecule has 96 valence electrons. The fourth-order valence-electron chi connectivity index (χ4n) is 1.23. The van der Waals surface area contributed by atoms with Crippen molar-refractivity contribution < 1.29 is 18.0 Å². The van der Waals surface area contributed by atoms with Crippen LogP contribution in [0.15, 0.2) is 18.3 Å². The van der Waals surface area contributed by atoms with Crippen molar-refractivity contribution in [3.8, 4) is 6.07 Å². The molecule has 0 aliphatic heterocycles. The number of halogens is 3. The van der Waals surface area contributed by atoms with Gasteiger partial charge in [0.25, 0.3) is 5.91 Å². The van der Waals surface area contributed by atoms with Gasteiger partial charge >= 0.3 is 6.18 Å². The summed E-state index contributed by atoms with van der Waals surface area (Å²) in [7, 11) is 1.47. The van der Waals surface area contributed by atoms with Crippen LogP contribution < -0.4 is 0 Å². The van der Waals surface area contributed by atoms with Crippen molar-refractivity contribution in [1.82, 2.24) is 9.88 Å². The molecule has 1 rings (SSSR count). The van der Waals surface area contributed by atoms with Crippen molar-refractivity contribution in [2.24, 2.45) is 0 Å². The summed E-state index contributed by atoms with van der Waals surface area (Å²) in [4.78, 5) is 16.2. The Balaban J connectivity index is 2.80. The number of aromatic nitrogens is 1. The lowest BCUT2D eigenvalue weighted by atomic mass is 10.2. The van der Waals surface area contributed by atoms with Crippen molar-refractivity contribution in [2.75, 3.05) is 13.6 Å². The molecule has 1 amide bonds. The third-order valence-corrected chi connectivity index (χ3v) is 2.21. The summed E-state index contributed by atoms with van der Waals surface area (Å²) in [5.41, 5.74) is -0.984. The molecule has 0 radical (unpaired) electrons. The van der Waals surface area contributed by atoms with E-state index in [0.717, 1.165) is 18.3 Å². The van der Waals surface area contributed by atoms with E-state index in [-0.39, 0.29) is 18.5 Å². The summed E-state index contributed by atoms with van der Waals surface area (Å²) < 4.78 is 36.8. The molecule has 0 saturated carbocycles. The molecule has 0 unspecified atom stereocenters. The maximum atomic E-state index is 12.3. The van der Waals surface area contributed by atoms with E-state index in [9.17, 15) is 18.0 Å². The maximum Gasteiger partial charge on any atom is 0.433 e. The van der Waals surface area contributed by atoms with Crippen molar-refractivity contribution >= 4 is 5.91 Å². The van der Waals surface area contributed by atoms with E-state index in [2.05, 4.69) is 4.98 Å².